The van der Waals surface area contributed by atoms with Crippen molar-refractivity contribution in [3.05, 3.63) is 29.8 Å². The van der Waals surface area contributed by atoms with Crippen molar-refractivity contribution in [2.45, 2.75) is 38.7 Å². The first-order valence-corrected chi connectivity index (χ1v) is 7.24. The lowest BCUT2D eigenvalue weighted by Crippen LogP contribution is -2.45. The number of carboxylic acid groups (broad SMARTS) is 1. The quantitative estimate of drug-likeness (QED) is 0.541. The predicted molar refractivity (Wildman–Crippen MR) is 78.2 cm³/mol. The van der Waals surface area contributed by atoms with E-state index in [1.165, 1.54) is 12.1 Å². The number of hydrogen-bond donors (Lipinski definition) is 0. The summed E-state index contributed by atoms with van der Waals surface area (Å²) in [7, 11) is 0. The Hall–Kier alpha value is -2.71. The number of esters is 1. The van der Waals surface area contributed by atoms with Crippen molar-refractivity contribution in [3.8, 4) is 5.75 Å². The molecule has 1 aromatic rings. The van der Waals surface area contributed by atoms with E-state index >= 15 is 0 Å². The molecule has 9 heteroatoms. The molecule has 0 spiro atoms. The van der Waals surface area contributed by atoms with Gasteiger partial charge in [-0.25, -0.2) is 9.59 Å². The molecule has 0 heterocycles. The number of carbonyl (C=O) groups excluding carboxylic acids is 3. The van der Waals surface area contributed by atoms with Gasteiger partial charge in [-0.15, -0.1) is 0 Å². The Bertz CT molecular complexity index is 638. The van der Waals surface area contributed by atoms with Crippen LogP contribution in [0.15, 0.2) is 24.3 Å². The van der Waals surface area contributed by atoms with Crippen LogP contribution in [0.4, 0.5) is 13.6 Å². The molecule has 0 aliphatic rings. The molecular weight excluding hydrogens is 342 g/mol. The number of hydrogen-bond acceptors (Lipinski definition) is 7. The molecule has 0 aromatic heterocycles. The van der Waals surface area contributed by atoms with Crippen LogP contribution in [0.25, 0.3) is 0 Å². The van der Waals surface area contributed by atoms with Crippen molar-refractivity contribution in [3.63, 3.8) is 0 Å². The van der Waals surface area contributed by atoms with Crippen molar-refractivity contribution in [2.24, 2.45) is 0 Å². The zero-order chi connectivity index (χ0) is 19.3. The summed E-state index contributed by atoms with van der Waals surface area (Å²) < 4.78 is 39.8. The second-order valence-electron chi connectivity index (χ2n) is 5.66. The number of halogens is 2. The van der Waals surface area contributed by atoms with Gasteiger partial charge in [0.05, 0.1) is 5.56 Å². The van der Waals surface area contributed by atoms with Gasteiger partial charge in [0.1, 0.15) is 17.3 Å². The predicted octanol–water partition coefficient (Wildman–Crippen LogP) is 1.93. The van der Waals surface area contributed by atoms with Gasteiger partial charge in [0.15, 0.2) is 6.61 Å². The smallest absolute Gasteiger partial charge is 0.514 e. The second-order valence-corrected chi connectivity index (χ2v) is 5.66. The summed E-state index contributed by atoms with van der Waals surface area (Å²) in [4.78, 5) is 33.3. The van der Waals surface area contributed by atoms with Gasteiger partial charge < -0.3 is 24.1 Å². The van der Waals surface area contributed by atoms with Crippen LogP contribution in [0.1, 0.15) is 37.6 Å². The van der Waals surface area contributed by atoms with Crippen molar-refractivity contribution < 1.29 is 42.5 Å². The van der Waals surface area contributed by atoms with Crippen molar-refractivity contribution in [1.29, 1.82) is 0 Å². The van der Waals surface area contributed by atoms with E-state index in [1.807, 2.05) is 6.92 Å². The SMILES string of the molecule is CCC(C)(C)OC(=O)Oc1ccc(C(=O)OCC(F)(F)C(=O)[O-])cc1. The summed E-state index contributed by atoms with van der Waals surface area (Å²) in [6, 6.07) is 4.78. The highest BCUT2D eigenvalue weighted by atomic mass is 19.3. The van der Waals surface area contributed by atoms with E-state index in [2.05, 4.69) is 4.74 Å². The zero-order valence-electron chi connectivity index (χ0n) is 13.8. The minimum absolute atomic E-state index is 0.0634. The third-order valence-electron chi connectivity index (χ3n) is 3.19. The van der Waals surface area contributed by atoms with Crippen LogP contribution in [0.3, 0.4) is 0 Å². The maximum Gasteiger partial charge on any atom is 0.514 e. The molecule has 1 aromatic carbocycles. The van der Waals surface area contributed by atoms with Crippen LogP contribution in [-0.4, -0.2) is 36.2 Å². The highest BCUT2D eigenvalue weighted by Gasteiger charge is 2.33. The lowest BCUT2D eigenvalue weighted by atomic mass is 10.1. The molecule has 0 aliphatic heterocycles. The van der Waals surface area contributed by atoms with Gasteiger partial charge in [-0.2, -0.15) is 8.78 Å². The first-order valence-electron chi connectivity index (χ1n) is 7.24. The van der Waals surface area contributed by atoms with Crippen LogP contribution in [0, 0.1) is 0 Å². The molecule has 138 valence electrons. The Morgan fingerprint density at radius 2 is 1.68 bits per heavy atom. The Morgan fingerprint density at radius 3 is 2.16 bits per heavy atom. The average molecular weight is 359 g/mol. The Labute approximate surface area is 142 Å². The van der Waals surface area contributed by atoms with Crippen LogP contribution < -0.4 is 9.84 Å². The topological polar surface area (TPSA) is 102 Å². The van der Waals surface area contributed by atoms with E-state index < -0.39 is 36.2 Å². The lowest BCUT2D eigenvalue weighted by molar-refractivity contribution is -0.331. The van der Waals surface area contributed by atoms with E-state index in [-0.39, 0.29) is 11.3 Å². The molecule has 0 amide bonds. The molecule has 25 heavy (non-hydrogen) atoms. The largest absolute Gasteiger partial charge is 0.544 e. The van der Waals surface area contributed by atoms with Gasteiger partial charge in [0, 0.05) is 0 Å². The van der Waals surface area contributed by atoms with E-state index in [4.69, 9.17) is 9.47 Å². The van der Waals surface area contributed by atoms with Gasteiger partial charge in [0.2, 0.25) is 0 Å². The zero-order valence-corrected chi connectivity index (χ0v) is 13.8. The van der Waals surface area contributed by atoms with Gasteiger partial charge in [-0.3, -0.25) is 0 Å². The third-order valence-corrected chi connectivity index (χ3v) is 3.19. The molecule has 0 aliphatic carbocycles. The van der Waals surface area contributed by atoms with Crippen molar-refractivity contribution >= 4 is 18.1 Å². The maximum atomic E-state index is 12.8. The molecule has 0 saturated heterocycles. The fourth-order valence-corrected chi connectivity index (χ4v) is 1.37. The summed E-state index contributed by atoms with van der Waals surface area (Å²) >= 11 is 0. The highest BCUT2D eigenvalue weighted by molar-refractivity contribution is 5.89. The van der Waals surface area contributed by atoms with E-state index in [9.17, 15) is 28.3 Å². The Morgan fingerprint density at radius 1 is 1.12 bits per heavy atom. The second kappa shape index (κ2) is 7.91. The van der Waals surface area contributed by atoms with Crippen molar-refractivity contribution in [2.75, 3.05) is 6.61 Å². The molecule has 0 unspecified atom stereocenters. The number of rotatable bonds is 7. The molecule has 7 nitrogen and oxygen atoms in total. The van der Waals surface area contributed by atoms with Crippen LogP contribution in [0.2, 0.25) is 0 Å². The highest BCUT2D eigenvalue weighted by Crippen LogP contribution is 2.19. The Kier molecular flexibility index (Phi) is 6.43. The first-order chi connectivity index (χ1) is 11.5. The fraction of sp³-hybridized carbons (Fsp3) is 0.438. The van der Waals surface area contributed by atoms with Crippen LogP contribution in [0.5, 0.6) is 5.75 Å². The summed E-state index contributed by atoms with van der Waals surface area (Å²) in [5.41, 5.74) is -0.839. The van der Waals surface area contributed by atoms with Gasteiger partial charge in [-0.1, -0.05) is 6.92 Å². The van der Waals surface area contributed by atoms with E-state index in [0.717, 1.165) is 12.1 Å². The number of aliphatic carboxylic acids is 1. The normalized spacial score (nSPS) is 11.6. The molecule has 0 saturated carbocycles. The summed E-state index contributed by atoms with van der Waals surface area (Å²) in [6.45, 7) is 3.59. The summed E-state index contributed by atoms with van der Waals surface area (Å²) in [6.07, 6.45) is -0.362. The molecule has 0 N–H and O–H groups in total. The van der Waals surface area contributed by atoms with Crippen molar-refractivity contribution in [1.82, 2.24) is 0 Å². The third kappa shape index (κ3) is 6.36. The van der Waals surface area contributed by atoms with Gasteiger partial charge in [0.25, 0.3) is 0 Å². The number of carboxylic acids is 1. The molecule has 0 bridgehead atoms. The average Bonchev–Trinajstić information content (AvgIpc) is 2.52. The molecule has 1 rings (SSSR count). The number of alkyl halides is 2. The van der Waals surface area contributed by atoms with E-state index in [1.54, 1.807) is 13.8 Å². The standard InChI is InChI=1S/C16H18F2O7/c1-4-15(2,3)25-14(22)24-11-7-5-10(6-8-11)12(19)23-9-16(17,18)13(20)21/h5-8H,4,9H2,1-3H3,(H,20,21)/p-1. The van der Waals surface area contributed by atoms with Crippen LogP contribution >= 0.6 is 0 Å². The minimum Gasteiger partial charge on any atom is -0.544 e. The number of ether oxygens (including phenoxy) is 3. The molecule has 0 radical (unpaired) electrons. The number of benzene rings is 1. The summed E-state index contributed by atoms with van der Waals surface area (Å²) in [5, 5.41) is 10.1. The minimum atomic E-state index is -4.28. The molecule has 0 fully saturated rings. The van der Waals surface area contributed by atoms with Crippen LogP contribution in [-0.2, 0) is 14.3 Å². The van der Waals surface area contributed by atoms with Gasteiger partial charge in [-0.05, 0) is 44.5 Å². The monoisotopic (exact) mass is 359 g/mol. The maximum absolute atomic E-state index is 12.8. The van der Waals surface area contributed by atoms with Gasteiger partial charge >= 0.3 is 18.0 Å². The molecular formula is C16H17F2O7-. The Balaban J connectivity index is 2.62. The number of carbonyl (C=O) groups is 3. The first kappa shape index (κ1) is 20.3. The fourth-order valence-electron chi connectivity index (χ4n) is 1.37. The van der Waals surface area contributed by atoms with E-state index in [0.29, 0.717) is 6.42 Å². The molecule has 0 atom stereocenters. The summed E-state index contributed by atoms with van der Waals surface area (Å²) in [5.74, 6) is -8.03. The lowest BCUT2D eigenvalue weighted by Gasteiger charge is -2.22.